The topological polar surface area (TPSA) is 98.0 Å². The lowest BCUT2D eigenvalue weighted by molar-refractivity contribution is -0.118. The van der Waals surface area contributed by atoms with Crippen LogP contribution >= 0.6 is 23.8 Å². The number of anilines is 1. The lowest BCUT2D eigenvalue weighted by Gasteiger charge is -2.12. The lowest BCUT2D eigenvalue weighted by atomic mass is 10.2. The molecular formula is C17H17ClN4O3S. The standard InChI is InChI=1S/C17H17ClN4O3S/c1-24-15-8-11(9-20-22-17(19)26)6-7-14(15)25-10-16(23)21-13-5-3-2-4-12(13)18/h2-9H,10H2,1H3,(H,21,23)(H3,19,22,26). The summed E-state index contributed by atoms with van der Waals surface area (Å²) in [7, 11) is 1.50. The summed E-state index contributed by atoms with van der Waals surface area (Å²) < 4.78 is 10.8. The fourth-order valence-corrected chi connectivity index (χ4v) is 2.18. The molecule has 2 aromatic rings. The molecule has 0 saturated carbocycles. The molecule has 0 saturated heterocycles. The molecule has 0 aliphatic carbocycles. The van der Waals surface area contributed by atoms with Crippen molar-refractivity contribution in [1.29, 1.82) is 0 Å². The first-order chi connectivity index (χ1) is 12.5. The maximum absolute atomic E-state index is 12.0. The molecule has 1 amide bonds. The number of hydrogen-bond donors (Lipinski definition) is 3. The Morgan fingerprint density at radius 2 is 2.08 bits per heavy atom. The van der Waals surface area contributed by atoms with Crippen LogP contribution in [-0.4, -0.2) is 31.0 Å². The third-order valence-corrected chi connectivity index (χ3v) is 3.50. The van der Waals surface area contributed by atoms with E-state index in [0.29, 0.717) is 22.2 Å². The third-order valence-electron chi connectivity index (χ3n) is 3.08. The minimum Gasteiger partial charge on any atom is -0.493 e. The number of carbonyl (C=O) groups excluding carboxylic acids is 1. The summed E-state index contributed by atoms with van der Waals surface area (Å²) >= 11 is 10.7. The summed E-state index contributed by atoms with van der Waals surface area (Å²) in [4.78, 5) is 12.0. The summed E-state index contributed by atoms with van der Waals surface area (Å²) in [5.74, 6) is 0.530. The van der Waals surface area contributed by atoms with Gasteiger partial charge in [0.1, 0.15) is 0 Å². The normalized spacial score (nSPS) is 10.4. The monoisotopic (exact) mass is 392 g/mol. The molecule has 0 bridgehead atoms. The fraction of sp³-hybridized carbons (Fsp3) is 0.118. The van der Waals surface area contributed by atoms with Gasteiger partial charge < -0.3 is 20.5 Å². The van der Waals surface area contributed by atoms with Crippen molar-refractivity contribution in [2.24, 2.45) is 10.8 Å². The number of hydrogen-bond acceptors (Lipinski definition) is 5. The number of carbonyl (C=O) groups is 1. The number of methoxy groups -OCH3 is 1. The van der Waals surface area contributed by atoms with Gasteiger partial charge in [0.05, 0.1) is 24.0 Å². The number of halogens is 1. The first-order valence-corrected chi connectivity index (χ1v) is 8.22. The molecule has 0 fully saturated rings. The van der Waals surface area contributed by atoms with E-state index in [0.717, 1.165) is 5.56 Å². The second-order valence-electron chi connectivity index (χ2n) is 4.96. The lowest BCUT2D eigenvalue weighted by Crippen LogP contribution is -2.24. The molecule has 0 aromatic heterocycles. The Morgan fingerprint density at radius 1 is 1.31 bits per heavy atom. The largest absolute Gasteiger partial charge is 0.493 e. The van der Waals surface area contributed by atoms with Crippen LogP contribution in [0.15, 0.2) is 47.6 Å². The Morgan fingerprint density at radius 3 is 2.77 bits per heavy atom. The Bertz CT molecular complexity index is 829. The van der Waals surface area contributed by atoms with Crippen molar-refractivity contribution in [1.82, 2.24) is 5.43 Å². The van der Waals surface area contributed by atoms with Crippen molar-refractivity contribution >= 4 is 46.7 Å². The van der Waals surface area contributed by atoms with Gasteiger partial charge in [0.15, 0.2) is 23.2 Å². The van der Waals surface area contributed by atoms with Crippen LogP contribution in [0.1, 0.15) is 5.56 Å². The first kappa shape index (κ1) is 19.5. The molecule has 26 heavy (non-hydrogen) atoms. The summed E-state index contributed by atoms with van der Waals surface area (Å²) in [6.07, 6.45) is 1.52. The molecule has 2 aromatic carbocycles. The van der Waals surface area contributed by atoms with Gasteiger partial charge in [-0.2, -0.15) is 5.10 Å². The molecule has 0 heterocycles. The summed E-state index contributed by atoms with van der Waals surface area (Å²) in [5, 5.41) is 7.06. The van der Waals surface area contributed by atoms with E-state index in [2.05, 4.69) is 28.1 Å². The van der Waals surface area contributed by atoms with Crippen molar-refractivity contribution in [3.05, 3.63) is 53.1 Å². The minimum absolute atomic E-state index is 0.0673. The number of nitrogens with zero attached hydrogens (tertiary/aromatic N) is 1. The van der Waals surface area contributed by atoms with E-state index in [1.165, 1.54) is 13.3 Å². The van der Waals surface area contributed by atoms with Gasteiger partial charge in [-0.25, -0.2) is 0 Å². The second kappa shape index (κ2) is 9.59. The molecule has 2 rings (SSSR count). The smallest absolute Gasteiger partial charge is 0.262 e. The van der Waals surface area contributed by atoms with Gasteiger partial charge in [-0.05, 0) is 48.1 Å². The number of hydrazone groups is 1. The molecule has 0 unspecified atom stereocenters. The van der Waals surface area contributed by atoms with Gasteiger partial charge in [-0.15, -0.1) is 0 Å². The maximum atomic E-state index is 12.0. The van der Waals surface area contributed by atoms with Crippen LogP contribution in [0.5, 0.6) is 11.5 Å². The predicted molar refractivity (Wildman–Crippen MR) is 106 cm³/mol. The van der Waals surface area contributed by atoms with E-state index >= 15 is 0 Å². The summed E-state index contributed by atoms with van der Waals surface area (Å²) in [6.45, 7) is -0.196. The number of thiocarbonyl (C=S) groups is 1. The molecule has 0 aliphatic heterocycles. The average molecular weight is 393 g/mol. The van der Waals surface area contributed by atoms with Crippen LogP contribution in [0.2, 0.25) is 5.02 Å². The quantitative estimate of drug-likeness (QED) is 0.380. The predicted octanol–water partition coefficient (Wildman–Crippen LogP) is 2.53. The van der Waals surface area contributed by atoms with Crippen molar-refractivity contribution in [3.63, 3.8) is 0 Å². The van der Waals surface area contributed by atoms with Crippen LogP contribution in [0, 0.1) is 0 Å². The zero-order valence-electron chi connectivity index (χ0n) is 13.9. The molecule has 4 N–H and O–H groups in total. The van der Waals surface area contributed by atoms with Crippen LogP contribution in [0.25, 0.3) is 0 Å². The summed E-state index contributed by atoms with van der Waals surface area (Å²) in [6, 6.07) is 12.1. The SMILES string of the molecule is COc1cc(C=NNC(N)=S)ccc1OCC(=O)Nc1ccccc1Cl. The van der Waals surface area contributed by atoms with Gasteiger partial charge in [0, 0.05) is 0 Å². The second-order valence-corrected chi connectivity index (χ2v) is 5.81. The molecule has 7 nitrogen and oxygen atoms in total. The summed E-state index contributed by atoms with van der Waals surface area (Å²) in [5.41, 5.74) is 9.00. The van der Waals surface area contributed by atoms with Crippen LogP contribution in [-0.2, 0) is 4.79 Å². The van der Waals surface area contributed by atoms with E-state index in [-0.39, 0.29) is 17.6 Å². The molecule has 0 radical (unpaired) electrons. The van der Waals surface area contributed by atoms with Crippen molar-refractivity contribution in [2.45, 2.75) is 0 Å². The number of rotatable bonds is 7. The van der Waals surface area contributed by atoms with Gasteiger partial charge in [-0.3, -0.25) is 10.2 Å². The van der Waals surface area contributed by atoms with E-state index in [1.54, 1.807) is 42.5 Å². The number of nitrogens with two attached hydrogens (primary N) is 1. The van der Waals surface area contributed by atoms with E-state index in [9.17, 15) is 4.79 Å². The van der Waals surface area contributed by atoms with Crippen LogP contribution in [0.3, 0.4) is 0 Å². The Balaban J connectivity index is 1.98. The van der Waals surface area contributed by atoms with Gasteiger partial charge in [0.25, 0.3) is 5.91 Å². The zero-order valence-corrected chi connectivity index (χ0v) is 15.4. The maximum Gasteiger partial charge on any atom is 0.262 e. The Hall–Kier alpha value is -2.84. The molecule has 0 spiro atoms. The minimum atomic E-state index is -0.341. The highest BCUT2D eigenvalue weighted by Gasteiger charge is 2.10. The number of para-hydroxylation sites is 1. The third kappa shape index (κ3) is 5.91. The first-order valence-electron chi connectivity index (χ1n) is 7.43. The van der Waals surface area contributed by atoms with E-state index < -0.39 is 0 Å². The number of amides is 1. The van der Waals surface area contributed by atoms with E-state index in [4.69, 9.17) is 26.8 Å². The van der Waals surface area contributed by atoms with Crippen molar-refractivity contribution < 1.29 is 14.3 Å². The van der Waals surface area contributed by atoms with Crippen LogP contribution in [0.4, 0.5) is 5.69 Å². The number of ether oxygens (including phenoxy) is 2. The highest BCUT2D eigenvalue weighted by molar-refractivity contribution is 7.80. The molecule has 9 heteroatoms. The molecule has 136 valence electrons. The van der Waals surface area contributed by atoms with Crippen molar-refractivity contribution in [2.75, 3.05) is 19.0 Å². The van der Waals surface area contributed by atoms with Crippen LogP contribution < -0.4 is 25.9 Å². The van der Waals surface area contributed by atoms with Gasteiger partial charge in [-0.1, -0.05) is 23.7 Å². The van der Waals surface area contributed by atoms with Gasteiger partial charge >= 0.3 is 0 Å². The molecular weight excluding hydrogens is 376 g/mol. The molecule has 0 atom stereocenters. The average Bonchev–Trinajstić information content (AvgIpc) is 2.62. The molecule has 0 aliphatic rings. The highest BCUT2D eigenvalue weighted by Crippen LogP contribution is 2.27. The van der Waals surface area contributed by atoms with Gasteiger partial charge in [0.2, 0.25) is 0 Å². The fourth-order valence-electron chi connectivity index (χ4n) is 1.95. The highest BCUT2D eigenvalue weighted by atomic mass is 35.5. The Labute approximate surface area is 161 Å². The Kier molecular flexibility index (Phi) is 7.19. The number of nitrogens with one attached hydrogen (secondary N) is 2. The van der Waals surface area contributed by atoms with E-state index in [1.807, 2.05) is 0 Å². The zero-order chi connectivity index (χ0) is 18.9. The van der Waals surface area contributed by atoms with Crippen molar-refractivity contribution in [3.8, 4) is 11.5 Å². The number of benzene rings is 2.